The van der Waals surface area contributed by atoms with E-state index in [1.54, 1.807) is 0 Å². The van der Waals surface area contributed by atoms with Crippen molar-refractivity contribution in [3.63, 3.8) is 0 Å². The van der Waals surface area contributed by atoms with E-state index in [4.69, 9.17) is 14.4 Å². The Morgan fingerprint density at radius 2 is 1.21 bits per heavy atom. The van der Waals surface area contributed by atoms with E-state index < -0.39 is 11.9 Å². The summed E-state index contributed by atoms with van der Waals surface area (Å²) in [5, 5.41) is 17.1. The largest absolute Gasteiger partial charge is 0.478 e. The van der Waals surface area contributed by atoms with Gasteiger partial charge in [-0.1, -0.05) is 12.1 Å². The fourth-order valence-corrected chi connectivity index (χ4v) is 0.856. The molecule has 0 aliphatic carbocycles. The van der Waals surface area contributed by atoms with Crippen LogP contribution in [0.5, 0.6) is 0 Å². The lowest BCUT2D eigenvalue weighted by molar-refractivity contribution is 0.0651. The van der Waals surface area contributed by atoms with Gasteiger partial charge in [-0.25, -0.2) is 9.59 Å². The van der Waals surface area contributed by atoms with Gasteiger partial charge in [-0.15, -0.1) is 0 Å². The minimum Gasteiger partial charge on any atom is -0.478 e. The molecule has 14 heavy (non-hydrogen) atoms. The first kappa shape index (κ1) is 12.2. The molecule has 0 saturated heterocycles. The molecule has 74 valence electrons. The van der Waals surface area contributed by atoms with Crippen molar-refractivity contribution in [3.8, 4) is 0 Å². The Hall–Kier alpha value is -1.82. The SMILES string of the molecule is O=C(O)c1ccccc1C(=O)O.O=S. The third-order valence-corrected chi connectivity index (χ3v) is 1.39. The quantitative estimate of drug-likeness (QED) is 0.754. The van der Waals surface area contributed by atoms with Gasteiger partial charge in [-0.3, -0.25) is 0 Å². The molecule has 5 nitrogen and oxygen atoms in total. The van der Waals surface area contributed by atoms with Crippen molar-refractivity contribution in [2.24, 2.45) is 0 Å². The predicted molar refractivity (Wildman–Crippen MR) is 48.5 cm³/mol. The van der Waals surface area contributed by atoms with E-state index in [0.29, 0.717) is 0 Å². The molecular weight excluding hydrogens is 208 g/mol. The molecule has 6 heteroatoms. The van der Waals surface area contributed by atoms with Crippen LogP contribution < -0.4 is 0 Å². The van der Waals surface area contributed by atoms with Crippen LogP contribution in [0, 0.1) is 0 Å². The fourth-order valence-electron chi connectivity index (χ4n) is 0.856. The Kier molecular flexibility index (Phi) is 5.01. The minimum atomic E-state index is -1.23. The summed E-state index contributed by atoms with van der Waals surface area (Å²) in [5.74, 6) is -2.46. The molecule has 1 aromatic carbocycles. The topological polar surface area (TPSA) is 91.7 Å². The van der Waals surface area contributed by atoms with Crippen LogP contribution in [0.3, 0.4) is 0 Å². The number of benzene rings is 1. The zero-order chi connectivity index (χ0) is 11.1. The maximum absolute atomic E-state index is 10.5. The number of rotatable bonds is 2. The molecule has 0 saturated carbocycles. The molecule has 0 spiro atoms. The average Bonchev–Trinajstić information content (AvgIpc) is 2.20. The van der Waals surface area contributed by atoms with Gasteiger partial charge in [0.2, 0.25) is 0 Å². The van der Waals surface area contributed by atoms with Crippen molar-refractivity contribution >= 4 is 24.5 Å². The summed E-state index contributed by atoms with van der Waals surface area (Å²) >= 11 is 2.83. The van der Waals surface area contributed by atoms with Crippen LogP contribution in [-0.2, 0) is 12.5 Å². The first-order valence-corrected chi connectivity index (χ1v) is 3.68. The summed E-state index contributed by atoms with van der Waals surface area (Å²) in [7, 11) is 0. The van der Waals surface area contributed by atoms with Gasteiger partial charge in [0.25, 0.3) is 0 Å². The molecule has 0 atom stereocenters. The highest BCUT2D eigenvalue weighted by Gasteiger charge is 2.13. The Labute approximate surface area is 84.5 Å². The summed E-state index contributed by atoms with van der Waals surface area (Å²) in [4.78, 5) is 20.9. The van der Waals surface area contributed by atoms with Gasteiger partial charge >= 0.3 is 11.9 Å². The summed E-state index contributed by atoms with van der Waals surface area (Å²) in [6.07, 6.45) is 0. The Morgan fingerprint density at radius 3 is 1.43 bits per heavy atom. The van der Waals surface area contributed by atoms with Crippen LogP contribution in [0.2, 0.25) is 0 Å². The van der Waals surface area contributed by atoms with Crippen LogP contribution in [0.25, 0.3) is 0 Å². The molecule has 0 radical (unpaired) electrons. The monoisotopic (exact) mass is 214 g/mol. The first-order chi connectivity index (χ1) is 6.63. The molecule has 1 rings (SSSR count). The third-order valence-electron chi connectivity index (χ3n) is 1.39. The number of carboxylic acid groups (broad SMARTS) is 2. The predicted octanol–water partition coefficient (Wildman–Crippen LogP) is 0.747. The second-order valence-corrected chi connectivity index (χ2v) is 2.16. The highest BCUT2D eigenvalue weighted by molar-refractivity contribution is 7.44. The Morgan fingerprint density at radius 1 is 0.929 bits per heavy atom. The summed E-state index contributed by atoms with van der Waals surface area (Å²) in [6, 6.07) is 5.48. The number of aromatic carboxylic acids is 2. The van der Waals surface area contributed by atoms with E-state index in [1.165, 1.54) is 24.3 Å². The molecule has 0 heterocycles. The van der Waals surface area contributed by atoms with Gasteiger partial charge in [0.05, 0.1) is 11.1 Å². The van der Waals surface area contributed by atoms with Gasteiger partial charge in [-0.2, -0.15) is 4.21 Å². The molecule has 0 aliphatic rings. The van der Waals surface area contributed by atoms with Gasteiger partial charge in [-0.05, 0) is 12.1 Å². The van der Waals surface area contributed by atoms with E-state index in [0.717, 1.165) is 0 Å². The minimum absolute atomic E-state index is 0.190. The van der Waals surface area contributed by atoms with Crippen LogP contribution in [-0.4, -0.2) is 26.4 Å². The second kappa shape index (κ2) is 5.76. The summed E-state index contributed by atoms with van der Waals surface area (Å²) < 4.78 is 7.83. The van der Waals surface area contributed by atoms with Crippen molar-refractivity contribution < 1.29 is 24.0 Å². The molecule has 0 fully saturated rings. The lowest BCUT2D eigenvalue weighted by atomic mass is 10.1. The number of hydrogen-bond acceptors (Lipinski definition) is 4. The zero-order valence-electron chi connectivity index (χ0n) is 6.84. The molecule has 0 aliphatic heterocycles. The Balaban J connectivity index is 0.000000791. The van der Waals surface area contributed by atoms with E-state index in [1.807, 2.05) is 0 Å². The number of hydrogen-bond donors (Lipinski definition) is 2. The molecule has 2 N–H and O–H groups in total. The van der Waals surface area contributed by atoms with E-state index in [9.17, 15) is 9.59 Å². The lowest BCUT2D eigenvalue weighted by Gasteiger charge is -1.98. The molecule has 0 amide bonds. The third kappa shape index (κ3) is 2.91. The number of carbonyl (C=O) groups is 2. The van der Waals surface area contributed by atoms with E-state index >= 15 is 0 Å². The standard InChI is InChI=1S/C8H6O4.OS/c9-7(10)5-3-1-2-4-6(5)8(11)12;1-2/h1-4H,(H,9,10)(H,11,12);. The van der Waals surface area contributed by atoms with E-state index in [-0.39, 0.29) is 11.1 Å². The summed E-state index contributed by atoms with van der Waals surface area (Å²) in [5.41, 5.74) is -0.380. The van der Waals surface area contributed by atoms with Crippen molar-refractivity contribution in [2.45, 2.75) is 0 Å². The van der Waals surface area contributed by atoms with Crippen LogP contribution in [0.4, 0.5) is 0 Å². The van der Waals surface area contributed by atoms with Crippen molar-refractivity contribution in [1.29, 1.82) is 0 Å². The molecule has 0 aromatic heterocycles. The maximum atomic E-state index is 10.5. The first-order valence-electron chi connectivity index (χ1n) is 3.35. The van der Waals surface area contributed by atoms with E-state index in [2.05, 4.69) is 12.5 Å². The highest BCUT2D eigenvalue weighted by Crippen LogP contribution is 2.07. The van der Waals surface area contributed by atoms with Crippen LogP contribution in [0.15, 0.2) is 24.3 Å². The van der Waals surface area contributed by atoms with Gasteiger partial charge in [0.1, 0.15) is 0 Å². The molecular formula is C8H6O5S. The molecule has 1 aromatic rings. The van der Waals surface area contributed by atoms with Gasteiger partial charge in [0, 0.05) is 0 Å². The Bertz CT molecular complexity index is 316. The van der Waals surface area contributed by atoms with Crippen molar-refractivity contribution in [3.05, 3.63) is 35.4 Å². The van der Waals surface area contributed by atoms with Crippen molar-refractivity contribution in [1.82, 2.24) is 0 Å². The molecule has 0 unspecified atom stereocenters. The maximum Gasteiger partial charge on any atom is 0.336 e. The van der Waals surface area contributed by atoms with Crippen LogP contribution in [0.1, 0.15) is 20.7 Å². The fraction of sp³-hybridized carbons (Fsp3) is 0. The smallest absolute Gasteiger partial charge is 0.336 e. The zero-order valence-corrected chi connectivity index (χ0v) is 7.65. The molecule has 0 bridgehead atoms. The number of carboxylic acids is 2. The second-order valence-electron chi connectivity index (χ2n) is 2.16. The lowest BCUT2D eigenvalue weighted by Crippen LogP contribution is -2.06. The van der Waals surface area contributed by atoms with Gasteiger partial charge in [0.15, 0.2) is 12.5 Å². The normalized spacial score (nSPS) is 8.29. The van der Waals surface area contributed by atoms with Crippen molar-refractivity contribution in [2.75, 3.05) is 0 Å². The summed E-state index contributed by atoms with van der Waals surface area (Å²) in [6.45, 7) is 0. The van der Waals surface area contributed by atoms with Gasteiger partial charge < -0.3 is 10.2 Å². The highest BCUT2D eigenvalue weighted by atomic mass is 32.1. The average molecular weight is 214 g/mol. The van der Waals surface area contributed by atoms with Crippen LogP contribution >= 0.6 is 0 Å².